The highest BCUT2D eigenvalue weighted by Crippen LogP contribution is 2.33. The summed E-state index contributed by atoms with van der Waals surface area (Å²) in [6, 6.07) is 11.3. The standard InChI is InChI=1S/C72H110O8/c1-7-13-19-25-31-37-47-75-67-53-62(44-46-64-56-72(80-52-42-36-30-24-18-12-6)66(60-74)58-70(64)78-50-40-34-28-22-16-10-4)68(76-48-38-32-26-20-14-8-2)54-61(67)43-45-63-55-71(79-51-41-35-29-23-17-11-5)65(59-73)57-69(63)77-49-39-33-27-21-15-9-3/h53-60H,7-42,47-52H2,1-6H3. The Morgan fingerprint density at radius 1 is 0.250 bits per heavy atom. The van der Waals surface area contributed by atoms with E-state index in [0.29, 0.717) is 108 Å². The molecule has 0 bridgehead atoms. The molecule has 8 nitrogen and oxygen atoms in total. The summed E-state index contributed by atoms with van der Waals surface area (Å²) < 4.78 is 39.1. The van der Waals surface area contributed by atoms with Crippen LogP contribution < -0.4 is 28.4 Å². The van der Waals surface area contributed by atoms with Crippen LogP contribution in [0.4, 0.5) is 0 Å². The normalized spacial score (nSPS) is 10.9. The molecule has 0 saturated heterocycles. The second-order valence-electron chi connectivity index (χ2n) is 22.0. The number of carbonyl (C=O) groups excluding carboxylic acids is 2. The topological polar surface area (TPSA) is 89.5 Å². The average molecular weight is 1100 g/mol. The molecule has 0 spiro atoms. The van der Waals surface area contributed by atoms with Crippen LogP contribution >= 0.6 is 0 Å². The number of hydrogen-bond acceptors (Lipinski definition) is 8. The Kier molecular flexibility index (Phi) is 41.1. The zero-order valence-electron chi connectivity index (χ0n) is 51.6. The van der Waals surface area contributed by atoms with Crippen molar-refractivity contribution in [1.82, 2.24) is 0 Å². The lowest BCUT2D eigenvalue weighted by molar-refractivity contribution is 0.111. The zero-order valence-corrected chi connectivity index (χ0v) is 51.6. The maximum absolute atomic E-state index is 12.6. The summed E-state index contributed by atoms with van der Waals surface area (Å²) in [4.78, 5) is 25.2. The first-order valence-electron chi connectivity index (χ1n) is 32.7. The van der Waals surface area contributed by atoms with Gasteiger partial charge in [0.1, 0.15) is 34.5 Å². The van der Waals surface area contributed by atoms with Crippen molar-refractivity contribution in [1.29, 1.82) is 0 Å². The smallest absolute Gasteiger partial charge is 0.153 e. The molecular weight excluding hydrogens is 993 g/mol. The molecule has 0 aliphatic heterocycles. The van der Waals surface area contributed by atoms with Gasteiger partial charge in [-0.2, -0.15) is 0 Å². The van der Waals surface area contributed by atoms with Gasteiger partial charge in [-0.15, -0.1) is 0 Å². The highest BCUT2D eigenvalue weighted by molar-refractivity contribution is 5.82. The molecule has 0 amide bonds. The summed E-state index contributed by atoms with van der Waals surface area (Å²) in [5, 5.41) is 0. The summed E-state index contributed by atoms with van der Waals surface area (Å²) in [7, 11) is 0. The second kappa shape index (κ2) is 47.5. The molecule has 0 aliphatic carbocycles. The van der Waals surface area contributed by atoms with Gasteiger partial charge in [0.2, 0.25) is 0 Å². The molecule has 3 aromatic carbocycles. The molecule has 0 heterocycles. The van der Waals surface area contributed by atoms with E-state index in [1.807, 2.05) is 24.3 Å². The fraction of sp³-hybridized carbons (Fsp3) is 0.667. The number of hydrogen-bond donors (Lipinski definition) is 0. The molecule has 0 N–H and O–H groups in total. The highest BCUT2D eigenvalue weighted by atomic mass is 16.5. The van der Waals surface area contributed by atoms with Gasteiger partial charge in [0.15, 0.2) is 12.6 Å². The van der Waals surface area contributed by atoms with Crippen LogP contribution in [0.5, 0.6) is 34.5 Å². The van der Waals surface area contributed by atoms with E-state index in [2.05, 4.69) is 65.2 Å². The van der Waals surface area contributed by atoms with Crippen LogP contribution in [0.25, 0.3) is 0 Å². The first-order valence-corrected chi connectivity index (χ1v) is 32.7. The Morgan fingerprint density at radius 2 is 0.425 bits per heavy atom. The van der Waals surface area contributed by atoms with Crippen LogP contribution in [0.2, 0.25) is 0 Å². The monoisotopic (exact) mass is 1100 g/mol. The van der Waals surface area contributed by atoms with E-state index in [1.54, 1.807) is 12.1 Å². The Labute approximate surface area is 488 Å². The lowest BCUT2D eigenvalue weighted by Gasteiger charge is -2.15. The van der Waals surface area contributed by atoms with Crippen molar-refractivity contribution < 1.29 is 38.0 Å². The lowest BCUT2D eigenvalue weighted by atomic mass is 10.1. The van der Waals surface area contributed by atoms with Gasteiger partial charge in [-0.3, -0.25) is 9.59 Å². The largest absolute Gasteiger partial charge is 0.493 e. The SMILES string of the molecule is CCCCCCCCOc1cc(C#Cc2cc(OCCCCCCCC)c(C=O)cc2OCCCCCCCC)c(OCCCCCCCC)cc1C#Cc1cc(OCCCCCCCC)c(C=O)cc1OCCCCCCCC. The fourth-order valence-electron chi connectivity index (χ4n) is 9.67. The maximum atomic E-state index is 12.6. The summed E-state index contributed by atoms with van der Waals surface area (Å²) in [5.74, 6) is 17.4. The summed E-state index contributed by atoms with van der Waals surface area (Å²) >= 11 is 0. The Balaban J connectivity index is 2.20. The average Bonchev–Trinajstić information content (AvgIpc) is 3.47. The molecule has 80 heavy (non-hydrogen) atoms. The van der Waals surface area contributed by atoms with Crippen molar-refractivity contribution in [2.24, 2.45) is 0 Å². The third-order valence-corrected chi connectivity index (χ3v) is 14.8. The van der Waals surface area contributed by atoms with E-state index in [1.165, 1.54) is 154 Å². The van der Waals surface area contributed by atoms with E-state index in [9.17, 15) is 9.59 Å². The predicted molar refractivity (Wildman–Crippen MR) is 335 cm³/mol. The molecule has 0 saturated carbocycles. The fourth-order valence-corrected chi connectivity index (χ4v) is 9.67. The van der Waals surface area contributed by atoms with E-state index in [0.717, 1.165) is 89.6 Å². The quantitative estimate of drug-likeness (QED) is 0.0314. The molecular formula is C72H110O8. The van der Waals surface area contributed by atoms with Gasteiger partial charge in [0, 0.05) is 24.3 Å². The minimum absolute atomic E-state index is 0.462. The van der Waals surface area contributed by atoms with Gasteiger partial charge in [-0.1, -0.05) is 258 Å². The van der Waals surface area contributed by atoms with Crippen LogP contribution in [-0.2, 0) is 0 Å². The van der Waals surface area contributed by atoms with Crippen LogP contribution in [0.3, 0.4) is 0 Å². The van der Waals surface area contributed by atoms with Crippen LogP contribution in [-0.4, -0.2) is 52.2 Å². The first-order chi connectivity index (χ1) is 39.5. The third-order valence-electron chi connectivity index (χ3n) is 14.8. The van der Waals surface area contributed by atoms with E-state index in [4.69, 9.17) is 28.4 Å². The van der Waals surface area contributed by atoms with Gasteiger partial charge >= 0.3 is 0 Å². The number of rotatable bonds is 50. The number of unbranched alkanes of at least 4 members (excludes halogenated alkanes) is 30. The van der Waals surface area contributed by atoms with E-state index >= 15 is 0 Å². The number of benzene rings is 3. The number of carbonyl (C=O) groups is 2. The van der Waals surface area contributed by atoms with Crippen molar-refractivity contribution in [2.45, 2.75) is 273 Å². The summed E-state index contributed by atoms with van der Waals surface area (Å²) in [6.07, 6.45) is 42.8. The molecule has 446 valence electrons. The molecule has 8 heteroatoms. The van der Waals surface area contributed by atoms with Crippen LogP contribution in [0.15, 0.2) is 36.4 Å². The Bertz CT molecular complexity index is 2050. The Morgan fingerprint density at radius 3 is 0.637 bits per heavy atom. The van der Waals surface area contributed by atoms with Crippen LogP contribution in [0.1, 0.15) is 316 Å². The van der Waals surface area contributed by atoms with Crippen molar-refractivity contribution in [3.63, 3.8) is 0 Å². The lowest BCUT2D eigenvalue weighted by Crippen LogP contribution is -2.05. The second-order valence-corrected chi connectivity index (χ2v) is 22.0. The van der Waals surface area contributed by atoms with Gasteiger partial charge in [-0.25, -0.2) is 0 Å². The minimum Gasteiger partial charge on any atom is -0.493 e. The van der Waals surface area contributed by atoms with Gasteiger partial charge < -0.3 is 28.4 Å². The number of ether oxygens (including phenoxy) is 6. The first kappa shape index (κ1) is 69.2. The van der Waals surface area contributed by atoms with Crippen LogP contribution in [0, 0.1) is 23.7 Å². The third kappa shape index (κ3) is 30.7. The molecule has 3 rings (SSSR count). The van der Waals surface area contributed by atoms with Gasteiger partial charge in [-0.05, 0) is 50.7 Å². The molecule has 0 aliphatic rings. The van der Waals surface area contributed by atoms with Crippen molar-refractivity contribution in [3.8, 4) is 58.2 Å². The number of aldehydes is 2. The molecule has 0 fully saturated rings. The van der Waals surface area contributed by atoms with E-state index < -0.39 is 0 Å². The zero-order chi connectivity index (χ0) is 57.4. The maximum Gasteiger partial charge on any atom is 0.153 e. The molecule has 0 atom stereocenters. The summed E-state index contributed by atoms with van der Waals surface area (Å²) in [5.41, 5.74) is 3.59. The minimum atomic E-state index is 0.462. The Hall–Kier alpha value is -5.08. The molecule has 0 radical (unpaired) electrons. The molecule has 3 aromatic rings. The predicted octanol–water partition coefficient (Wildman–Crippen LogP) is 20.5. The summed E-state index contributed by atoms with van der Waals surface area (Å²) in [6.45, 7) is 16.6. The van der Waals surface area contributed by atoms with Crippen molar-refractivity contribution in [3.05, 3.63) is 69.8 Å². The van der Waals surface area contributed by atoms with E-state index in [-0.39, 0.29) is 0 Å². The highest BCUT2D eigenvalue weighted by Gasteiger charge is 2.16. The van der Waals surface area contributed by atoms with Crippen molar-refractivity contribution >= 4 is 12.6 Å². The van der Waals surface area contributed by atoms with Crippen molar-refractivity contribution in [2.75, 3.05) is 39.6 Å². The molecule has 0 aromatic heterocycles. The molecule has 0 unspecified atom stereocenters. The van der Waals surface area contributed by atoms with Gasteiger partial charge in [0.25, 0.3) is 0 Å². The van der Waals surface area contributed by atoms with Gasteiger partial charge in [0.05, 0.1) is 73.0 Å².